The lowest BCUT2D eigenvalue weighted by molar-refractivity contribution is 0.0778. The number of ether oxygens (including phenoxy) is 2. The minimum absolute atomic E-state index is 0.0119. The molecule has 2 atom stereocenters. The summed E-state index contributed by atoms with van der Waals surface area (Å²) in [6, 6.07) is 5.35. The number of likely N-dealkylation sites (tertiary alicyclic amines) is 2. The Morgan fingerprint density at radius 2 is 1.84 bits per heavy atom. The molecule has 1 N–H and O–H groups in total. The highest BCUT2D eigenvalue weighted by Gasteiger charge is 2.36. The third-order valence-electron chi connectivity index (χ3n) is 5.66. The van der Waals surface area contributed by atoms with Crippen molar-refractivity contribution in [2.45, 2.75) is 19.3 Å². The first-order chi connectivity index (χ1) is 12.2. The molecule has 1 amide bonds. The van der Waals surface area contributed by atoms with E-state index in [1.54, 1.807) is 18.2 Å². The zero-order valence-corrected chi connectivity index (χ0v) is 14.5. The van der Waals surface area contributed by atoms with Gasteiger partial charge in [-0.25, -0.2) is 0 Å². The number of amides is 1. The molecule has 0 unspecified atom stereocenters. The maximum absolute atomic E-state index is 12.9. The van der Waals surface area contributed by atoms with Crippen LogP contribution < -0.4 is 9.47 Å². The van der Waals surface area contributed by atoms with Crippen molar-refractivity contribution < 1.29 is 19.4 Å². The van der Waals surface area contributed by atoms with Crippen molar-refractivity contribution in [1.82, 2.24) is 9.80 Å². The van der Waals surface area contributed by atoms with Crippen LogP contribution >= 0.6 is 0 Å². The van der Waals surface area contributed by atoms with E-state index in [-0.39, 0.29) is 25.2 Å². The second kappa shape index (κ2) is 7.22. The number of rotatable bonds is 4. The first-order valence-corrected chi connectivity index (χ1v) is 9.27. The van der Waals surface area contributed by atoms with E-state index in [0.29, 0.717) is 29.5 Å². The van der Waals surface area contributed by atoms with Gasteiger partial charge in [0.2, 0.25) is 6.79 Å². The number of carbonyl (C=O) groups is 1. The van der Waals surface area contributed by atoms with Crippen molar-refractivity contribution in [2.75, 3.05) is 46.1 Å². The number of aliphatic hydroxyl groups is 1. The molecule has 6 heteroatoms. The standard InChI is InChI=1S/C19H26N2O4/c22-12-16-11-21(10-15(16)9-20-6-2-1-3-7-20)19(23)14-4-5-17-18(8-14)25-13-24-17/h4-5,8,15-16,22H,1-3,6-7,9-13H2/t15-,16-/m1/s1. The van der Waals surface area contributed by atoms with Gasteiger partial charge in [-0.3, -0.25) is 4.79 Å². The van der Waals surface area contributed by atoms with Gasteiger partial charge in [0.1, 0.15) is 0 Å². The van der Waals surface area contributed by atoms with Crippen LogP contribution in [0.5, 0.6) is 11.5 Å². The van der Waals surface area contributed by atoms with Crippen LogP contribution in [-0.2, 0) is 0 Å². The average Bonchev–Trinajstić information content (AvgIpc) is 3.28. The second-order valence-corrected chi connectivity index (χ2v) is 7.34. The molecule has 3 aliphatic heterocycles. The van der Waals surface area contributed by atoms with Gasteiger partial charge in [-0.05, 0) is 50.0 Å². The molecule has 1 aromatic carbocycles. The summed E-state index contributed by atoms with van der Waals surface area (Å²) in [7, 11) is 0. The Morgan fingerprint density at radius 3 is 2.64 bits per heavy atom. The Bertz CT molecular complexity index is 630. The number of hydrogen-bond donors (Lipinski definition) is 1. The number of fused-ring (bicyclic) bond motifs is 1. The van der Waals surface area contributed by atoms with Crippen molar-refractivity contribution >= 4 is 5.91 Å². The Morgan fingerprint density at radius 1 is 1.08 bits per heavy atom. The summed E-state index contributed by atoms with van der Waals surface area (Å²) in [6.45, 7) is 4.97. The summed E-state index contributed by atoms with van der Waals surface area (Å²) in [4.78, 5) is 17.3. The van der Waals surface area contributed by atoms with Crippen LogP contribution in [0.3, 0.4) is 0 Å². The molecular weight excluding hydrogens is 320 g/mol. The molecule has 4 rings (SSSR count). The fourth-order valence-electron chi connectivity index (χ4n) is 4.20. The Labute approximate surface area is 148 Å². The number of nitrogens with zero attached hydrogens (tertiary/aromatic N) is 2. The van der Waals surface area contributed by atoms with Crippen LogP contribution in [-0.4, -0.2) is 66.9 Å². The predicted molar refractivity (Wildman–Crippen MR) is 92.8 cm³/mol. The minimum Gasteiger partial charge on any atom is -0.454 e. The number of piperidine rings is 1. The highest BCUT2D eigenvalue weighted by molar-refractivity contribution is 5.95. The van der Waals surface area contributed by atoms with E-state index in [9.17, 15) is 9.90 Å². The van der Waals surface area contributed by atoms with Crippen molar-refractivity contribution in [3.63, 3.8) is 0 Å². The van der Waals surface area contributed by atoms with Gasteiger partial charge < -0.3 is 24.4 Å². The quantitative estimate of drug-likeness (QED) is 0.897. The molecule has 0 radical (unpaired) electrons. The number of carbonyl (C=O) groups excluding carboxylic acids is 1. The number of benzene rings is 1. The van der Waals surface area contributed by atoms with Crippen LogP contribution in [0.25, 0.3) is 0 Å². The molecular formula is C19H26N2O4. The fraction of sp³-hybridized carbons (Fsp3) is 0.632. The topological polar surface area (TPSA) is 62.2 Å². The van der Waals surface area contributed by atoms with Crippen molar-refractivity contribution in [3.05, 3.63) is 23.8 Å². The van der Waals surface area contributed by atoms with Gasteiger partial charge in [-0.15, -0.1) is 0 Å². The van der Waals surface area contributed by atoms with Crippen molar-refractivity contribution in [1.29, 1.82) is 0 Å². The predicted octanol–water partition coefficient (Wildman–Crippen LogP) is 1.58. The van der Waals surface area contributed by atoms with Crippen LogP contribution in [0.15, 0.2) is 18.2 Å². The van der Waals surface area contributed by atoms with Crippen molar-refractivity contribution in [2.24, 2.45) is 11.8 Å². The molecule has 3 heterocycles. The normalized spacial score (nSPS) is 26.2. The largest absolute Gasteiger partial charge is 0.454 e. The SMILES string of the molecule is O=C(c1ccc2c(c1)OCO2)N1C[C@@H](CN2CCCCC2)[C@@H](CO)C1. The first-order valence-electron chi connectivity index (χ1n) is 9.27. The van der Waals surface area contributed by atoms with E-state index < -0.39 is 0 Å². The van der Waals surface area contributed by atoms with Gasteiger partial charge >= 0.3 is 0 Å². The number of aliphatic hydroxyl groups excluding tert-OH is 1. The monoisotopic (exact) mass is 346 g/mol. The van der Waals surface area contributed by atoms with Crippen LogP contribution in [0.4, 0.5) is 0 Å². The summed E-state index contributed by atoms with van der Waals surface area (Å²) in [6.07, 6.45) is 3.84. The summed E-state index contributed by atoms with van der Waals surface area (Å²) in [5.74, 6) is 1.85. The maximum atomic E-state index is 12.9. The van der Waals surface area contributed by atoms with Crippen LogP contribution in [0.2, 0.25) is 0 Å². The molecule has 136 valence electrons. The lowest BCUT2D eigenvalue weighted by atomic mass is 9.95. The van der Waals surface area contributed by atoms with Gasteiger partial charge in [0, 0.05) is 37.7 Å². The summed E-state index contributed by atoms with van der Waals surface area (Å²) >= 11 is 0. The summed E-state index contributed by atoms with van der Waals surface area (Å²) in [5, 5.41) is 9.77. The molecule has 2 saturated heterocycles. The smallest absolute Gasteiger partial charge is 0.254 e. The summed E-state index contributed by atoms with van der Waals surface area (Å²) in [5.41, 5.74) is 0.625. The zero-order valence-electron chi connectivity index (χ0n) is 14.5. The van der Waals surface area contributed by atoms with Crippen molar-refractivity contribution in [3.8, 4) is 11.5 Å². The van der Waals surface area contributed by atoms with E-state index in [0.717, 1.165) is 26.2 Å². The van der Waals surface area contributed by atoms with Gasteiger partial charge in [0.15, 0.2) is 11.5 Å². The molecule has 0 spiro atoms. The van der Waals surface area contributed by atoms with Crippen LogP contribution in [0, 0.1) is 11.8 Å². The molecule has 0 aliphatic carbocycles. The third-order valence-corrected chi connectivity index (χ3v) is 5.66. The number of hydrogen-bond acceptors (Lipinski definition) is 5. The van der Waals surface area contributed by atoms with E-state index in [4.69, 9.17) is 9.47 Å². The van der Waals surface area contributed by atoms with Gasteiger partial charge in [-0.1, -0.05) is 6.42 Å². The maximum Gasteiger partial charge on any atom is 0.254 e. The molecule has 1 aromatic rings. The van der Waals surface area contributed by atoms with Crippen LogP contribution in [0.1, 0.15) is 29.6 Å². The first kappa shape index (κ1) is 16.7. The lowest BCUT2D eigenvalue weighted by Gasteiger charge is -2.30. The fourth-order valence-corrected chi connectivity index (χ4v) is 4.20. The molecule has 0 aromatic heterocycles. The molecule has 2 fully saturated rings. The molecule has 0 saturated carbocycles. The Balaban J connectivity index is 1.42. The second-order valence-electron chi connectivity index (χ2n) is 7.34. The highest BCUT2D eigenvalue weighted by Crippen LogP contribution is 2.34. The minimum atomic E-state index is 0.0119. The van der Waals surface area contributed by atoms with E-state index in [2.05, 4.69) is 4.90 Å². The third kappa shape index (κ3) is 3.46. The van der Waals surface area contributed by atoms with Gasteiger partial charge in [0.25, 0.3) is 5.91 Å². The Hall–Kier alpha value is -1.79. The molecule has 3 aliphatic rings. The molecule has 6 nitrogen and oxygen atoms in total. The van der Waals surface area contributed by atoms with Gasteiger partial charge in [-0.2, -0.15) is 0 Å². The zero-order chi connectivity index (χ0) is 17.2. The summed E-state index contributed by atoms with van der Waals surface area (Å²) < 4.78 is 10.7. The molecule has 25 heavy (non-hydrogen) atoms. The highest BCUT2D eigenvalue weighted by atomic mass is 16.7. The van der Waals surface area contributed by atoms with E-state index in [1.807, 2.05) is 4.90 Å². The Kier molecular flexibility index (Phi) is 4.81. The molecule has 0 bridgehead atoms. The lowest BCUT2D eigenvalue weighted by Crippen LogP contribution is -2.37. The van der Waals surface area contributed by atoms with E-state index in [1.165, 1.54) is 19.3 Å². The van der Waals surface area contributed by atoms with E-state index >= 15 is 0 Å². The van der Waals surface area contributed by atoms with Gasteiger partial charge in [0.05, 0.1) is 0 Å². The average molecular weight is 346 g/mol.